The maximum absolute atomic E-state index is 13.1. The van der Waals surface area contributed by atoms with Crippen LogP contribution < -0.4 is 5.32 Å². The number of nitrogens with zero attached hydrogens (tertiary/aromatic N) is 3. The van der Waals surface area contributed by atoms with Crippen molar-refractivity contribution in [3.8, 4) is 0 Å². The summed E-state index contributed by atoms with van der Waals surface area (Å²) < 4.78 is 43.9. The number of nitrogens with one attached hydrogen (secondary N) is 1. The zero-order chi connectivity index (χ0) is 23.6. The van der Waals surface area contributed by atoms with Gasteiger partial charge in [-0.2, -0.15) is 13.2 Å². The van der Waals surface area contributed by atoms with Gasteiger partial charge in [0.05, 0.1) is 6.54 Å². The van der Waals surface area contributed by atoms with Crippen molar-refractivity contribution in [3.05, 3.63) is 35.9 Å². The predicted octanol–water partition coefficient (Wildman–Crippen LogP) is 2.33. The molecule has 0 radical (unpaired) electrons. The summed E-state index contributed by atoms with van der Waals surface area (Å²) in [7, 11) is 0. The Balaban J connectivity index is 1.23. The van der Waals surface area contributed by atoms with E-state index in [1.165, 1.54) is 12.5 Å². The van der Waals surface area contributed by atoms with Crippen LogP contribution in [0.3, 0.4) is 0 Å². The molecule has 0 bridgehead atoms. The summed E-state index contributed by atoms with van der Waals surface area (Å²) in [6, 6.07) is 9.05. The molecule has 2 amide bonds. The number of carbonyl (C=O) groups excluding carboxylic acids is 2. The Morgan fingerprint density at radius 2 is 1.82 bits per heavy atom. The topological polar surface area (TPSA) is 74.2 Å². The fourth-order valence-electron chi connectivity index (χ4n) is 4.95. The molecule has 7 nitrogen and oxygen atoms in total. The van der Waals surface area contributed by atoms with Gasteiger partial charge in [-0.1, -0.05) is 30.3 Å². The van der Waals surface area contributed by atoms with E-state index >= 15 is 0 Å². The number of halogens is 3. The first-order valence-corrected chi connectivity index (χ1v) is 11.3. The number of aliphatic imine (C=N–C) groups is 1. The molecule has 180 valence electrons. The van der Waals surface area contributed by atoms with Gasteiger partial charge in [-0.15, -0.1) is 0 Å². The van der Waals surface area contributed by atoms with E-state index in [9.17, 15) is 22.8 Å². The van der Waals surface area contributed by atoms with E-state index in [0.29, 0.717) is 19.0 Å². The first kappa shape index (κ1) is 23.5. The second-order valence-electron chi connectivity index (χ2n) is 8.89. The number of rotatable bonds is 5. The van der Waals surface area contributed by atoms with Crippen LogP contribution >= 0.6 is 0 Å². The highest BCUT2D eigenvalue weighted by molar-refractivity contribution is 5.91. The minimum atomic E-state index is -4.72. The Morgan fingerprint density at radius 1 is 1.12 bits per heavy atom. The van der Waals surface area contributed by atoms with Crippen LogP contribution in [0.15, 0.2) is 35.3 Å². The van der Waals surface area contributed by atoms with Gasteiger partial charge >= 0.3 is 6.18 Å². The Bertz CT molecular complexity index is 885. The van der Waals surface area contributed by atoms with E-state index in [4.69, 9.17) is 0 Å². The van der Waals surface area contributed by atoms with E-state index in [1.54, 1.807) is 4.90 Å². The second-order valence-corrected chi connectivity index (χ2v) is 8.89. The lowest BCUT2D eigenvalue weighted by atomic mass is 9.89. The minimum absolute atomic E-state index is 0.192. The lowest BCUT2D eigenvalue weighted by molar-refractivity contribution is -0.199. The summed E-state index contributed by atoms with van der Waals surface area (Å²) in [4.78, 5) is 32.6. The van der Waals surface area contributed by atoms with Crippen molar-refractivity contribution < 1.29 is 27.5 Å². The molecule has 3 unspecified atom stereocenters. The van der Waals surface area contributed by atoms with Crippen LogP contribution in [0.4, 0.5) is 13.2 Å². The molecule has 1 aromatic carbocycles. The number of benzene rings is 1. The average Bonchev–Trinajstić information content (AvgIpc) is 3.45. The molecule has 4 rings (SSSR count). The summed E-state index contributed by atoms with van der Waals surface area (Å²) in [6.45, 7) is 4.01. The molecular weight excluding hydrogens is 437 g/mol. The summed E-state index contributed by atoms with van der Waals surface area (Å²) in [5.41, 5.74) is 1.37. The van der Waals surface area contributed by atoms with Crippen LogP contribution in [0.2, 0.25) is 0 Å². The molecular formula is C23H29F3N4O3. The lowest BCUT2D eigenvalue weighted by Gasteiger charge is -2.36. The Kier molecular flexibility index (Phi) is 6.92. The van der Waals surface area contributed by atoms with Gasteiger partial charge in [0.1, 0.15) is 0 Å². The monoisotopic (exact) mass is 466 g/mol. The Hall–Kier alpha value is -2.62. The van der Waals surface area contributed by atoms with Crippen LogP contribution in [-0.2, 0) is 14.3 Å². The highest BCUT2D eigenvalue weighted by Crippen LogP contribution is 2.31. The van der Waals surface area contributed by atoms with Gasteiger partial charge in [0.25, 0.3) is 0 Å². The van der Waals surface area contributed by atoms with Crippen LogP contribution in [0.25, 0.3) is 0 Å². The molecule has 2 fully saturated rings. The number of ether oxygens (including phenoxy) is 1. The molecule has 1 aromatic rings. The molecule has 0 aliphatic carbocycles. The van der Waals surface area contributed by atoms with Crippen molar-refractivity contribution >= 4 is 17.7 Å². The van der Waals surface area contributed by atoms with E-state index < -0.39 is 24.2 Å². The van der Waals surface area contributed by atoms with Crippen molar-refractivity contribution in [2.75, 3.05) is 32.7 Å². The van der Waals surface area contributed by atoms with Crippen molar-refractivity contribution in [1.82, 2.24) is 15.1 Å². The van der Waals surface area contributed by atoms with E-state index in [0.717, 1.165) is 32.4 Å². The van der Waals surface area contributed by atoms with E-state index in [-0.39, 0.29) is 24.4 Å². The van der Waals surface area contributed by atoms with Gasteiger partial charge in [0.2, 0.25) is 17.9 Å². The highest BCUT2D eigenvalue weighted by Gasteiger charge is 2.53. The Labute approximate surface area is 191 Å². The van der Waals surface area contributed by atoms with Gasteiger partial charge in [-0.25, -0.2) is 4.99 Å². The van der Waals surface area contributed by atoms with Crippen molar-refractivity contribution in [1.29, 1.82) is 0 Å². The van der Waals surface area contributed by atoms with E-state index in [1.807, 2.05) is 6.07 Å². The van der Waals surface area contributed by atoms with Crippen LogP contribution in [0.1, 0.15) is 37.7 Å². The third-order valence-corrected chi connectivity index (χ3v) is 6.74. The minimum Gasteiger partial charge on any atom is -0.466 e. The molecule has 3 atom stereocenters. The molecule has 0 spiro atoms. The quantitative estimate of drug-likeness (QED) is 0.723. The summed E-state index contributed by atoms with van der Waals surface area (Å²) in [6.07, 6.45) is -4.03. The normalized spacial score (nSPS) is 26.7. The molecule has 3 aliphatic rings. The Morgan fingerprint density at radius 3 is 2.48 bits per heavy atom. The number of carbonyl (C=O) groups is 2. The van der Waals surface area contributed by atoms with Crippen molar-refractivity contribution in [3.63, 3.8) is 0 Å². The zero-order valence-electron chi connectivity index (χ0n) is 18.6. The summed E-state index contributed by atoms with van der Waals surface area (Å²) in [5.74, 6) is -0.889. The maximum Gasteiger partial charge on any atom is 0.428 e. The third kappa shape index (κ3) is 5.48. The molecule has 33 heavy (non-hydrogen) atoms. The maximum atomic E-state index is 13.1. The smallest absolute Gasteiger partial charge is 0.428 e. The number of hydrogen-bond acceptors (Lipinski definition) is 5. The number of piperidine rings is 1. The zero-order valence-corrected chi connectivity index (χ0v) is 18.6. The largest absolute Gasteiger partial charge is 0.466 e. The van der Waals surface area contributed by atoms with Gasteiger partial charge < -0.3 is 15.0 Å². The van der Waals surface area contributed by atoms with Gasteiger partial charge in [0.15, 0.2) is 11.9 Å². The number of amides is 2. The number of alkyl halides is 3. The molecule has 1 N–H and O–H groups in total. The average molecular weight is 467 g/mol. The lowest BCUT2D eigenvalue weighted by Crippen LogP contribution is -2.49. The second kappa shape index (κ2) is 9.70. The van der Waals surface area contributed by atoms with Crippen LogP contribution in [-0.4, -0.2) is 84.6 Å². The van der Waals surface area contributed by atoms with Crippen molar-refractivity contribution in [2.45, 2.75) is 56.5 Å². The fraction of sp³-hybridized carbons (Fsp3) is 0.609. The summed E-state index contributed by atoms with van der Waals surface area (Å²) in [5, 5.41) is 2.31. The SMILES string of the molecule is CC1=NC(C(=O)NCC(=O)N2CCC(N3CCC(c4ccccc4)CC3)C2)C(C(F)(F)F)O1. The van der Waals surface area contributed by atoms with Crippen LogP contribution in [0, 0.1) is 0 Å². The van der Waals surface area contributed by atoms with Gasteiger partial charge in [0, 0.05) is 26.1 Å². The summed E-state index contributed by atoms with van der Waals surface area (Å²) >= 11 is 0. The predicted molar refractivity (Wildman–Crippen MR) is 116 cm³/mol. The van der Waals surface area contributed by atoms with Crippen molar-refractivity contribution in [2.24, 2.45) is 4.99 Å². The molecule has 0 aromatic heterocycles. The third-order valence-electron chi connectivity index (χ3n) is 6.74. The molecule has 3 aliphatic heterocycles. The first-order chi connectivity index (χ1) is 15.7. The van der Waals surface area contributed by atoms with Gasteiger partial charge in [-0.3, -0.25) is 14.5 Å². The number of likely N-dealkylation sites (tertiary alicyclic amines) is 2. The standard InChI is InChI=1S/C23H29F3N4O3/c1-15-28-20(21(33-15)23(24,25)26)22(32)27-13-19(31)30-12-9-18(14-30)29-10-7-17(8-11-29)16-5-3-2-4-6-16/h2-6,17-18,20-21H,7-14H2,1H3,(H,27,32). The highest BCUT2D eigenvalue weighted by atomic mass is 19.4. The van der Waals surface area contributed by atoms with Gasteiger partial charge in [-0.05, 0) is 43.8 Å². The number of hydrogen-bond donors (Lipinski definition) is 1. The molecule has 0 saturated carbocycles. The molecule has 2 saturated heterocycles. The van der Waals surface area contributed by atoms with E-state index in [2.05, 4.69) is 44.2 Å². The van der Waals surface area contributed by atoms with Crippen LogP contribution in [0.5, 0.6) is 0 Å². The molecule has 3 heterocycles. The first-order valence-electron chi connectivity index (χ1n) is 11.3. The molecule has 10 heteroatoms. The fourth-order valence-corrected chi connectivity index (χ4v) is 4.95.